The maximum atomic E-state index is 12.5. The molecule has 1 saturated heterocycles. The molecule has 3 aromatic rings. The van der Waals surface area contributed by atoms with Crippen molar-refractivity contribution in [3.8, 4) is 5.88 Å². The van der Waals surface area contributed by atoms with Crippen LogP contribution in [0.3, 0.4) is 0 Å². The molecule has 3 heterocycles. The topological polar surface area (TPSA) is 55.3 Å². The van der Waals surface area contributed by atoms with Crippen molar-refractivity contribution in [3.05, 3.63) is 53.2 Å². The first-order valence-corrected chi connectivity index (χ1v) is 8.26. The summed E-state index contributed by atoms with van der Waals surface area (Å²) in [6.07, 6.45) is 0.00243. The number of pyridine rings is 1. The van der Waals surface area contributed by atoms with Gasteiger partial charge in [0.2, 0.25) is 5.88 Å². The highest BCUT2D eigenvalue weighted by atomic mass is 32.1. The van der Waals surface area contributed by atoms with E-state index >= 15 is 0 Å². The molecular formula is C17H15N3O2S. The smallest absolute Gasteiger partial charge is 0.283 e. The zero-order chi connectivity index (χ0) is 15.8. The van der Waals surface area contributed by atoms with Crippen LogP contribution in [0.15, 0.2) is 42.5 Å². The number of thiazole rings is 1. The van der Waals surface area contributed by atoms with Crippen molar-refractivity contribution < 1.29 is 9.53 Å². The van der Waals surface area contributed by atoms with Crippen LogP contribution >= 0.6 is 11.3 Å². The Balaban J connectivity index is 1.40. The van der Waals surface area contributed by atoms with Gasteiger partial charge in [0, 0.05) is 11.8 Å². The molecule has 0 aliphatic carbocycles. The standard InChI is InChI=1S/C17H15N3O2S/c1-11-5-4-8-15(18-11)22-12-9-20(10-12)17(21)16-19-13-6-2-3-7-14(13)23-16/h2-8,12H,9-10H2,1H3. The summed E-state index contributed by atoms with van der Waals surface area (Å²) in [5.41, 5.74) is 1.79. The molecular weight excluding hydrogens is 310 g/mol. The van der Waals surface area contributed by atoms with Crippen molar-refractivity contribution >= 4 is 27.5 Å². The molecule has 0 unspecified atom stereocenters. The van der Waals surface area contributed by atoms with Crippen LogP contribution in [0.5, 0.6) is 5.88 Å². The van der Waals surface area contributed by atoms with E-state index in [1.54, 1.807) is 4.90 Å². The van der Waals surface area contributed by atoms with Gasteiger partial charge in [0.25, 0.3) is 5.91 Å². The van der Waals surface area contributed by atoms with Gasteiger partial charge in [-0.1, -0.05) is 18.2 Å². The fourth-order valence-corrected chi connectivity index (χ4v) is 3.47. The summed E-state index contributed by atoms with van der Waals surface area (Å²) in [6, 6.07) is 13.5. The van der Waals surface area contributed by atoms with Crippen molar-refractivity contribution in [2.24, 2.45) is 0 Å². The Morgan fingerprint density at radius 2 is 2.00 bits per heavy atom. The molecule has 0 bridgehead atoms. The number of likely N-dealkylation sites (tertiary alicyclic amines) is 1. The number of aromatic nitrogens is 2. The minimum atomic E-state index is -0.0248. The number of ether oxygens (including phenoxy) is 1. The normalized spacial score (nSPS) is 14.7. The second kappa shape index (κ2) is 5.62. The highest BCUT2D eigenvalue weighted by molar-refractivity contribution is 7.20. The van der Waals surface area contributed by atoms with E-state index in [4.69, 9.17) is 4.74 Å². The van der Waals surface area contributed by atoms with Crippen LogP contribution in [0.1, 0.15) is 15.5 Å². The second-order valence-corrected chi connectivity index (χ2v) is 6.58. The summed E-state index contributed by atoms with van der Waals surface area (Å²) in [7, 11) is 0. The van der Waals surface area contributed by atoms with Gasteiger partial charge in [0.1, 0.15) is 6.10 Å². The average Bonchev–Trinajstić information content (AvgIpc) is 2.94. The van der Waals surface area contributed by atoms with Crippen molar-refractivity contribution in [2.45, 2.75) is 13.0 Å². The zero-order valence-corrected chi connectivity index (χ0v) is 13.4. The number of rotatable bonds is 3. The number of nitrogens with zero attached hydrogens (tertiary/aromatic N) is 3. The summed E-state index contributed by atoms with van der Waals surface area (Å²) in [6.45, 7) is 3.07. The third-order valence-corrected chi connectivity index (χ3v) is 4.79. The number of hydrogen-bond acceptors (Lipinski definition) is 5. The highest BCUT2D eigenvalue weighted by Crippen LogP contribution is 2.25. The Labute approximate surface area is 137 Å². The molecule has 0 spiro atoms. The van der Waals surface area contributed by atoms with Crippen molar-refractivity contribution in [2.75, 3.05) is 13.1 Å². The Morgan fingerprint density at radius 3 is 2.78 bits per heavy atom. The number of carbonyl (C=O) groups is 1. The number of aryl methyl sites for hydroxylation is 1. The van der Waals surface area contributed by atoms with E-state index in [-0.39, 0.29) is 12.0 Å². The number of benzene rings is 1. The van der Waals surface area contributed by atoms with Crippen LogP contribution in [0.25, 0.3) is 10.2 Å². The fraction of sp³-hybridized carbons (Fsp3) is 0.235. The maximum absolute atomic E-state index is 12.5. The minimum Gasteiger partial charge on any atom is -0.471 e. The number of carbonyl (C=O) groups excluding carboxylic acids is 1. The summed E-state index contributed by atoms with van der Waals surface area (Å²) in [5.74, 6) is 0.588. The zero-order valence-electron chi connectivity index (χ0n) is 12.6. The summed E-state index contributed by atoms with van der Waals surface area (Å²) in [4.78, 5) is 22.9. The van der Waals surface area contributed by atoms with Gasteiger partial charge in [-0.3, -0.25) is 4.79 Å². The molecule has 0 radical (unpaired) electrons. The molecule has 1 aromatic carbocycles. The monoisotopic (exact) mass is 325 g/mol. The van der Waals surface area contributed by atoms with Gasteiger partial charge in [-0.2, -0.15) is 0 Å². The lowest BCUT2D eigenvalue weighted by Crippen LogP contribution is -2.56. The summed E-state index contributed by atoms with van der Waals surface area (Å²) >= 11 is 1.43. The van der Waals surface area contributed by atoms with Crippen LogP contribution in [-0.4, -0.2) is 40.0 Å². The van der Waals surface area contributed by atoms with Crippen LogP contribution in [0, 0.1) is 6.92 Å². The summed E-state index contributed by atoms with van der Waals surface area (Å²) in [5, 5.41) is 0.540. The van der Waals surface area contributed by atoms with Gasteiger partial charge in [-0.15, -0.1) is 11.3 Å². The molecule has 4 rings (SSSR count). The fourth-order valence-electron chi connectivity index (χ4n) is 2.53. The molecule has 5 nitrogen and oxygen atoms in total. The molecule has 23 heavy (non-hydrogen) atoms. The van der Waals surface area contributed by atoms with E-state index < -0.39 is 0 Å². The van der Waals surface area contributed by atoms with Crippen LogP contribution < -0.4 is 4.74 Å². The first kappa shape index (κ1) is 14.1. The number of para-hydroxylation sites is 1. The average molecular weight is 325 g/mol. The van der Waals surface area contributed by atoms with E-state index in [1.165, 1.54) is 11.3 Å². The molecule has 1 aliphatic rings. The van der Waals surface area contributed by atoms with E-state index in [0.717, 1.165) is 15.9 Å². The van der Waals surface area contributed by atoms with E-state index in [2.05, 4.69) is 9.97 Å². The molecule has 116 valence electrons. The molecule has 1 fully saturated rings. The molecule has 0 atom stereocenters. The van der Waals surface area contributed by atoms with Crippen molar-refractivity contribution in [1.82, 2.24) is 14.9 Å². The third-order valence-electron chi connectivity index (χ3n) is 3.76. The van der Waals surface area contributed by atoms with Crippen LogP contribution in [0.2, 0.25) is 0 Å². The molecule has 0 N–H and O–H groups in total. The Kier molecular flexibility index (Phi) is 3.46. The number of amides is 1. The lowest BCUT2D eigenvalue weighted by molar-refractivity contribution is 0.0159. The molecule has 2 aromatic heterocycles. The highest BCUT2D eigenvalue weighted by Gasteiger charge is 2.34. The SMILES string of the molecule is Cc1cccc(OC2CN(C(=O)c3nc4ccccc4s3)C2)n1. The molecule has 6 heteroatoms. The van der Waals surface area contributed by atoms with E-state index in [0.29, 0.717) is 24.0 Å². The van der Waals surface area contributed by atoms with Gasteiger partial charge < -0.3 is 9.64 Å². The predicted molar refractivity (Wildman–Crippen MR) is 88.9 cm³/mol. The van der Waals surface area contributed by atoms with E-state index in [1.807, 2.05) is 49.4 Å². The Morgan fingerprint density at radius 1 is 1.17 bits per heavy atom. The Bertz CT molecular complexity index is 838. The van der Waals surface area contributed by atoms with Gasteiger partial charge in [-0.25, -0.2) is 9.97 Å². The minimum absolute atomic E-state index is 0.00243. The summed E-state index contributed by atoms with van der Waals surface area (Å²) < 4.78 is 6.82. The lowest BCUT2D eigenvalue weighted by Gasteiger charge is -2.38. The second-order valence-electron chi connectivity index (χ2n) is 5.55. The van der Waals surface area contributed by atoms with Crippen LogP contribution in [-0.2, 0) is 0 Å². The lowest BCUT2D eigenvalue weighted by atomic mass is 10.1. The Hall–Kier alpha value is -2.47. The van der Waals surface area contributed by atoms with Gasteiger partial charge >= 0.3 is 0 Å². The quantitative estimate of drug-likeness (QED) is 0.743. The molecule has 0 saturated carbocycles. The largest absolute Gasteiger partial charge is 0.471 e. The van der Waals surface area contributed by atoms with Crippen molar-refractivity contribution in [3.63, 3.8) is 0 Å². The van der Waals surface area contributed by atoms with E-state index in [9.17, 15) is 4.79 Å². The number of hydrogen-bond donors (Lipinski definition) is 0. The third kappa shape index (κ3) is 2.77. The van der Waals surface area contributed by atoms with Gasteiger partial charge in [-0.05, 0) is 25.1 Å². The number of fused-ring (bicyclic) bond motifs is 1. The van der Waals surface area contributed by atoms with Gasteiger partial charge in [0.05, 0.1) is 23.3 Å². The maximum Gasteiger partial charge on any atom is 0.283 e. The van der Waals surface area contributed by atoms with Gasteiger partial charge in [0.15, 0.2) is 5.01 Å². The first-order valence-electron chi connectivity index (χ1n) is 7.44. The first-order chi connectivity index (χ1) is 11.2. The molecule has 1 amide bonds. The predicted octanol–water partition coefficient (Wildman–Crippen LogP) is 2.90. The van der Waals surface area contributed by atoms with Crippen LogP contribution in [0.4, 0.5) is 0 Å². The van der Waals surface area contributed by atoms with Crippen molar-refractivity contribution in [1.29, 1.82) is 0 Å². The molecule has 1 aliphatic heterocycles.